The predicted octanol–water partition coefficient (Wildman–Crippen LogP) is 0.652. The van der Waals surface area contributed by atoms with Crippen molar-refractivity contribution < 1.29 is 39.6 Å². The number of hydrogen-bond donors (Lipinski definition) is 6. The van der Waals surface area contributed by atoms with Crippen molar-refractivity contribution in [1.82, 2.24) is 14.8 Å². The van der Waals surface area contributed by atoms with E-state index in [0.29, 0.717) is 30.9 Å². The van der Waals surface area contributed by atoms with E-state index in [1.807, 2.05) is 18.2 Å². The highest BCUT2D eigenvalue weighted by Gasteiger charge is 2.63. The fourth-order valence-electron chi connectivity index (χ4n) is 7.61. The van der Waals surface area contributed by atoms with E-state index < -0.39 is 63.8 Å². The summed E-state index contributed by atoms with van der Waals surface area (Å²) in [4.78, 5) is 62.9. The van der Waals surface area contributed by atoms with Crippen LogP contribution >= 0.6 is 0 Å². The fourth-order valence-corrected chi connectivity index (χ4v) is 7.61. The van der Waals surface area contributed by atoms with E-state index in [9.17, 15) is 39.6 Å². The quantitative estimate of drug-likeness (QED) is 0.181. The van der Waals surface area contributed by atoms with Crippen molar-refractivity contribution in [1.29, 1.82) is 0 Å². The number of carbonyl (C=O) groups is 4. The van der Waals surface area contributed by atoms with E-state index >= 15 is 0 Å². The minimum Gasteiger partial charge on any atom is -0.510 e. The van der Waals surface area contributed by atoms with E-state index in [0.717, 1.165) is 5.69 Å². The number of aliphatic hydroxyl groups is 3. The number of Topliss-reactive ketones (excluding diaryl/α,β-unsaturated/α-hetero) is 2. The third kappa shape index (κ3) is 4.94. The van der Waals surface area contributed by atoms with Gasteiger partial charge in [0.25, 0.3) is 5.91 Å². The van der Waals surface area contributed by atoms with Crippen molar-refractivity contribution in [3.63, 3.8) is 0 Å². The zero-order valence-corrected chi connectivity index (χ0v) is 26.5. The first-order valence-corrected chi connectivity index (χ1v) is 15.3. The van der Waals surface area contributed by atoms with Gasteiger partial charge in [-0.25, -0.2) is 0 Å². The number of phenols is 1. The van der Waals surface area contributed by atoms with Gasteiger partial charge in [0.2, 0.25) is 11.7 Å². The number of likely N-dealkylation sites (tertiary alicyclic amines) is 1. The molecule has 248 valence electrons. The lowest BCUT2D eigenvalue weighted by Gasteiger charge is -2.50. The van der Waals surface area contributed by atoms with Crippen LogP contribution in [0.2, 0.25) is 0 Å². The van der Waals surface area contributed by atoms with Crippen LogP contribution in [0.15, 0.2) is 53.1 Å². The number of rotatable bonds is 7. The van der Waals surface area contributed by atoms with Crippen molar-refractivity contribution in [2.45, 2.75) is 31.0 Å². The number of fused-ring (bicyclic) bond motifs is 3. The third-order valence-electron chi connectivity index (χ3n) is 9.88. The van der Waals surface area contributed by atoms with Gasteiger partial charge in [0.15, 0.2) is 17.1 Å². The van der Waals surface area contributed by atoms with Gasteiger partial charge in [0, 0.05) is 57.1 Å². The van der Waals surface area contributed by atoms with E-state index in [-0.39, 0.29) is 41.5 Å². The van der Waals surface area contributed by atoms with Gasteiger partial charge in [0.05, 0.1) is 28.9 Å². The van der Waals surface area contributed by atoms with Gasteiger partial charge in [-0.05, 0) is 56.6 Å². The summed E-state index contributed by atoms with van der Waals surface area (Å²) >= 11 is 0. The summed E-state index contributed by atoms with van der Waals surface area (Å²) in [6.07, 6.45) is 1.82. The van der Waals surface area contributed by atoms with Crippen LogP contribution in [0.1, 0.15) is 28.0 Å². The number of amides is 2. The second-order valence-corrected chi connectivity index (χ2v) is 13.2. The van der Waals surface area contributed by atoms with Crippen LogP contribution in [-0.4, -0.2) is 112 Å². The molecule has 4 atom stereocenters. The SMILES string of the molecule is CN(C)c1cc(NC(=O)C2CN(Cc3ccccn3)C2)c(O)c2c1C[C@H]1C[C@H]3[C@H](N(C)C)C(O)=C(C(N)=O)C(=O)[C@@]3(O)C(O)=C1C2=O. The standard InChI is InChI=1S/C33H38N6O8/c1-37(2)21-11-20(36-32(46)16-12-39(13-16)14-17-7-5-6-8-35-17)26(40)23-18(21)9-15-10-19-25(38(3)4)28(42)24(31(34)45)30(44)33(19,47)29(43)22(15)27(23)41/h5-8,11,15-16,19,25,40,42-43,47H,9-10,12-14H2,1-4H3,(H2,34,45)(H,36,46)/t15-,19-,25-,33-/m0/s1. The molecular weight excluding hydrogens is 608 g/mol. The minimum absolute atomic E-state index is 0.00481. The molecule has 4 aliphatic rings. The molecule has 2 heterocycles. The maximum Gasteiger partial charge on any atom is 0.255 e. The number of ketones is 2. The predicted molar refractivity (Wildman–Crippen MR) is 170 cm³/mol. The molecule has 47 heavy (non-hydrogen) atoms. The van der Waals surface area contributed by atoms with Crippen LogP contribution in [0.5, 0.6) is 5.75 Å². The lowest BCUT2D eigenvalue weighted by molar-refractivity contribution is -0.148. The van der Waals surface area contributed by atoms with Gasteiger partial charge in [-0.3, -0.25) is 34.0 Å². The number of nitrogens with one attached hydrogen (secondary N) is 1. The summed E-state index contributed by atoms with van der Waals surface area (Å²) in [7, 11) is 6.66. The Balaban J connectivity index is 1.35. The Morgan fingerprint density at radius 3 is 2.43 bits per heavy atom. The smallest absolute Gasteiger partial charge is 0.255 e. The van der Waals surface area contributed by atoms with Crippen LogP contribution in [-0.2, 0) is 27.3 Å². The van der Waals surface area contributed by atoms with E-state index in [2.05, 4.69) is 15.2 Å². The minimum atomic E-state index is -2.73. The summed E-state index contributed by atoms with van der Waals surface area (Å²) in [5, 5.41) is 48.6. The Morgan fingerprint density at radius 1 is 1.13 bits per heavy atom. The molecule has 0 unspecified atom stereocenters. The molecule has 0 radical (unpaired) electrons. The van der Waals surface area contributed by atoms with Gasteiger partial charge < -0.3 is 36.4 Å². The normalized spacial score (nSPS) is 26.0. The zero-order valence-electron chi connectivity index (χ0n) is 26.5. The van der Waals surface area contributed by atoms with Gasteiger partial charge in [-0.2, -0.15) is 0 Å². The first-order chi connectivity index (χ1) is 22.2. The van der Waals surface area contributed by atoms with Gasteiger partial charge in [0.1, 0.15) is 17.1 Å². The number of aliphatic hydroxyl groups excluding tert-OH is 2. The molecule has 0 spiro atoms. The molecule has 3 aliphatic carbocycles. The van der Waals surface area contributed by atoms with Crippen LogP contribution in [0.3, 0.4) is 0 Å². The lowest BCUT2D eigenvalue weighted by Crippen LogP contribution is -2.63. The van der Waals surface area contributed by atoms with Crippen LogP contribution < -0.4 is 16.0 Å². The van der Waals surface area contributed by atoms with Gasteiger partial charge >= 0.3 is 0 Å². The number of primary amides is 1. The molecule has 1 aromatic heterocycles. The number of hydrogen-bond acceptors (Lipinski definition) is 12. The average Bonchev–Trinajstić information content (AvgIpc) is 2.97. The number of pyridine rings is 1. The number of aromatic nitrogens is 1. The number of phenolic OH excluding ortho intramolecular Hbond substituents is 1. The number of carbonyl (C=O) groups excluding carboxylic acids is 4. The van der Waals surface area contributed by atoms with Crippen molar-refractivity contribution in [3.05, 3.63) is 69.9 Å². The summed E-state index contributed by atoms with van der Waals surface area (Å²) in [6, 6.07) is 6.15. The molecule has 2 amide bonds. The van der Waals surface area contributed by atoms with Crippen molar-refractivity contribution in [2.75, 3.05) is 51.5 Å². The largest absolute Gasteiger partial charge is 0.510 e. The number of anilines is 2. The topological polar surface area (TPSA) is 210 Å². The summed E-state index contributed by atoms with van der Waals surface area (Å²) in [5.41, 5.74) is 3.28. The number of aromatic hydroxyl groups is 1. The number of benzene rings is 1. The molecule has 2 aromatic rings. The first kappa shape index (κ1) is 32.2. The summed E-state index contributed by atoms with van der Waals surface area (Å²) in [6.45, 7) is 1.55. The number of likely N-dealkylation sites (N-methyl/N-ethyl adjacent to an activating group) is 1. The lowest BCUT2D eigenvalue weighted by atomic mass is 9.58. The Morgan fingerprint density at radius 2 is 1.83 bits per heavy atom. The Kier molecular flexibility index (Phi) is 7.85. The number of nitrogens with zero attached hydrogens (tertiary/aromatic N) is 4. The molecule has 14 nitrogen and oxygen atoms in total. The average molecular weight is 647 g/mol. The molecule has 1 aliphatic heterocycles. The van der Waals surface area contributed by atoms with E-state index in [1.165, 1.54) is 4.90 Å². The Hall–Kier alpha value is -4.79. The maximum absolute atomic E-state index is 14.2. The Bertz CT molecular complexity index is 1760. The highest BCUT2D eigenvalue weighted by molar-refractivity contribution is 6.25. The number of nitrogens with two attached hydrogens (primary N) is 1. The zero-order chi connectivity index (χ0) is 34.1. The second kappa shape index (κ2) is 11.5. The van der Waals surface area contributed by atoms with Crippen molar-refractivity contribution >= 4 is 34.8 Å². The Labute approximate surface area is 270 Å². The molecule has 14 heteroatoms. The fraction of sp³-hybridized carbons (Fsp3) is 0.424. The van der Waals surface area contributed by atoms with Gasteiger partial charge in [-0.15, -0.1) is 0 Å². The van der Waals surface area contributed by atoms with Crippen molar-refractivity contribution in [3.8, 4) is 5.75 Å². The summed E-state index contributed by atoms with van der Waals surface area (Å²) in [5.74, 6) is -8.01. The molecule has 1 fully saturated rings. The number of allylic oxidation sites excluding steroid dienone is 1. The molecule has 7 N–H and O–H groups in total. The van der Waals surface area contributed by atoms with Crippen molar-refractivity contribution in [2.24, 2.45) is 23.5 Å². The van der Waals surface area contributed by atoms with Gasteiger partial charge in [-0.1, -0.05) is 6.07 Å². The monoisotopic (exact) mass is 646 g/mol. The van der Waals surface area contributed by atoms with Crippen LogP contribution in [0.25, 0.3) is 0 Å². The molecule has 1 saturated heterocycles. The molecule has 1 aromatic carbocycles. The molecule has 6 rings (SSSR count). The first-order valence-electron chi connectivity index (χ1n) is 15.3. The van der Waals surface area contributed by atoms with E-state index in [4.69, 9.17) is 5.73 Å². The highest BCUT2D eigenvalue weighted by Crippen LogP contribution is 2.54. The molecular formula is C33H38N6O8. The third-order valence-corrected chi connectivity index (χ3v) is 9.88. The highest BCUT2D eigenvalue weighted by atomic mass is 16.3. The van der Waals surface area contributed by atoms with E-state index in [1.54, 1.807) is 45.4 Å². The summed E-state index contributed by atoms with van der Waals surface area (Å²) < 4.78 is 0. The van der Waals surface area contributed by atoms with Crippen LogP contribution in [0.4, 0.5) is 11.4 Å². The second-order valence-electron chi connectivity index (χ2n) is 13.2. The maximum atomic E-state index is 14.2. The molecule has 0 saturated carbocycles. The van der Waals surface area contributed by atoms with Crippen LogP contribution in [0, 0.1) is 17.8 Å². The molecule has 0 bridgehead atoms.